The third kappa shape index (κ3) is 4.92. The normalized spacial score (nSPS) is 10.4. The molecule has 4 heteroatoms. The molecule has 0 atom stereocenters. The minimum Gasteiger partial charge on any atom is -0.490 e. The molecule has 1 aromatic rings. The summed E-state index contributed by atoms with van der Waals surface area (Å²) in [6.45, 7) is 6.09. The summed E-state index contributed by atoms with van der Waals surface area (Å²) >= 11 is 0. The molecule has 0 aliphatic carbocycles. The van der Waals surface area contributed by atoms with E-state index in [9.17, 15) is 0 Å². The van der Waals surface area contributed by atoms with Gasteiger partial charge in [-0.25, -0.2) is 0 Å². The molecule has 0 aromatic carbocycles. The molecule has 0 radical (unpaired) electrons. The molecule has 0 aliphatic rings. The van der Waals surface area contributed by atoms with Crippen molar-refractivity contribution in [2.75, 3.05) is 13.2 Å². The molecule has 1 aromatic heterocycles. The van der Waals surface area contributed by atoms with Gasteiger partial charge in [0.25, 0.3) is 0 Å². The first kappa shape index (κ1) is 14.8. The average Bonchev–Trinajstić information content (AvgIpc) is 2.40. The van der Waals surface area contributed by atoms with Crippen LogP contribution in [0.2, 0.25) is 0 Å². The highest BCUT2D eigenvalue weighted by Gasteiger charge is 2.07. The topological polar surface area (TPSA) is 57.4 Å². The Morgan fingerprint density at radius 1 is 1.06 bits per heavy atom. The predicted octanol–water partition coefficient (Wildman–Crippen LogP) is 2.90. The summed E-state index contributed by atoms with van der Waals surface area (Å²) in [7, 11) is 0. The number of nitrogens with zero attached hydrogens (tertiary/aromatic N) is 1. The zero-order chi connectivity index (χ0) is 13.2. The van der Waals surface area contributed by atoms with Crippen LogP contribution in [0.25, 0.3) is 0 Å². The predicted molar refractivity (Wildman–Crippen MR) is 72.9 cm³/mol. The van der Waals surface area contributed by atoms with Crippen molar-refractivity contribution in [1.82, 2.24) is 4.98 Å². The first-order valence-corrected chi connectivity index (χ1v) is 6.76. The number of ether oxygens (including phenoxy) is 2. The van der Waals surface area contributed by atoms with E-state index in [2.05, 4.69) is 18.8 Å². The second-order valence-electron chi connectivity index (χ2n) is 4.23. The van der Waals surface area contributed by atoms with E-state index in [1.165, 1.54) is 0 Å². The Morgan fingerprint density at radius 3 is 2.22 bits per heavy atom. The van der Waals surface area contributed by atoms with Crippen molar-refractivity contribution in [2.45, 2.75) is 46.1 Å². The zero-order valence-electron chi connectivity index (χ0n) is 11.4. The number of rotatable bonds is 9. The lowest BCUT2D eigenvalue weighted by Gasteiger charge is -2.13. The SMILES string of the molecule is CCCCOc1cnc(CN)cc1OCCCC. The Labute approximate surface area is 110 Å². The molecule has 0 aliphatic heterocycles. The van der Waals surface area contributed by atoms with Gasteiger partial charge in [-0.2, -0.15) is 0 Å². The molecular weight excluding hydrogens is 228 g/mol. The Bertz CT molecular complexity index is 343. The average molecular weight is 252 g/mol. The molecule has 18 heavy (non-hydrogen) atoms. The van der Waals surface area contributed by atoms with Crippen LogP contribution in [0.15, 0.2) is 12.3 Å². The number of nitrogens with two attached hydrogens (primary N) is 1. The van der Waals surface area contributed by atoms with E-state index in [1.54, 1.807) is 6.20 Å². The molecule has 0 fully saturated rings. The first-order valence-electron chi connectivity index (χ1n) is 6.76. The number of aromatic nitrogens is 1. The summed E-state index contributed by atoms with van der Waals surface area (Å²) in [4.78, 5) is 4.23. The van der Waals surface area contributed by atoms with Crippen LogP contribution in [0.3, 0.4) is 0 Å². The standard InChI is InChI=1S/C14H24N2O2/c1-3-5-7-17-13-9-12(10-15)16-11-14(13)18-8-6-4-2/h9,11H,3-8,10,15H2,1-2H3. The summed E-state index contributed by atoms with van der Waals surface area (Å²) in [6.07, 6.45) is 6.00. The van der Waals surface area contributed by atoms with Crippen molar-refractivity contribution in [3.05, 3.63) is 18.0 Å². The van der Waals surface area contributed by atoms with E-state index in [4.69, 9.17) is 15.2 Å². The maximum absolute atomic E-state index is 5.73. The van der Waals surface area contributed by atoms with Crippen molar-refractivity contribution in [3.63, 3.8) is 0 Å². The molecule has 4 nitrogen and oxygen atoms in total. The molecular formula is C14H24N2O2. The van der Waals surface area contributed by atoms with Crippen molar-refractivity contribution >= 4 is 0 Å². The number of hydrogen-bond donors (Lipinski definition) is 1. The molecule has 102 valence electrons. The monoisotopic (exact) mass is 252 g/mol. The van der Waals surface area contributed by atoms with Gasteiger partial charge < -0.3 is 15.2 Å². The lowest BCUT2D eigenvalue weighted by atomic mass is 10.3. The van der Waals surface area contributed by atoms with E-state index < -0.39 is 0 Å². The van der Waals surface area contributed by atoms with Gasteiger partial charge >= 0.3 is 0 Å². The highest BCUT2D eigenvalue weighted by atomic mass is 16.5. The van der Waals surface area contributed by atoms with Gasteiger partial charge in [-0.15, -0.1) is 0 Å². The molecule has 2 N–H and O–H groups in total. The number of unbranched alkanes of at least 4 members (excludes halogenated alkanes) is 2. The highest BCUT2D eigenvalue weighted by molar-refractivity contribution is 5.39. The van der Waals surface area contributed by atoms with Gasteiger partial charge in [-0.3, -0.25) is 4.98 Å². The minimum atomic E-state index is 0.416. The summed E-state index contributed by atoms with van der Waals surface area (Å²) in [5, 5.41) is 0. The number of pyridine rings is 1. The van der Waals surface area contributed by atoms with Gasteiger partial charge in [0.2, 0.25) is 0 Å². The van der Waals surface area contributed by atoms with Gasteiger partial charge in [0.1, 0.15) is 0 Å². The van der Waals surface area contributed by atoms with Crippen LogP contribution in [0, 0.1) is 0 Å². The third-order valence-corrected chi connectivity index (χ3v) is 2.61. The van der Waals surface area contributed by atoms with Gasteiger partial charge in [0.15, 0.2) is 11.5 Å². The van der Waals surface area contributed by atoms with Crippen molar-refractivity contribution < 1.29 is 9.47 Å². The fourth-order valence-corrected chi connectivity index (χ4v) is 1.45. The molecule has 0 bridgehead atoms. The molecule has 0 amide bonds. The summed E-state index contributed by atoms with van der Waals surface area (Å²) in [5.41, 5.74) is 6.41. The smallest absolute Gasteiger partial charge is 0.179 e. The summed E-state index contributed by atoms with van der Waals surface area (Å²) in [5.74, 6) is 1.48. The second kappa shape index (κ2) is 8.75. The quantitative estimate of drug-likeness (QED) is 0.687. The Morgan fingerprint density at radius 2 is 1.67 bits per heavy atom. The molecule has 0 spiro atoms. The third-order valence-electron chi connectivity index (χ3n) is 2.61. The molecule has 1 heterocycles. The first-order chi connectivity index (χ1) is 8.81. The highest BCUT2D eigenvalue weighted by Crippen LogP contribution is 2.27. The molecule has 1 rings (SSSR count). The maximum Gasteiger partial charge on any atom is 0.179 e. The van der Waals surface area contributed by atoms with Crippen molar-refractivity contribution in [3.8, 4) is 11.5 Å². The summed E-state index contributed by atoms with van der Waals surface area (Å²) in [6, 6.07) is 1.87. The van der Waals surface area contributed by atoms with Gasteiger partial charge in [0, 0.05) is 12.6 Å². The molecule has 0 unspecified atom stereocenters. The van der Waals surface area contributed by atoms with E-state index in [-0.39, 0.29) is 0 Å². The van der Waals surface area contributed by atoms with Gasteiger partial charge in [0.05, 0.1) is 25.1 Å². The van der Waals surface area contributed by atoms with E-state index in [0.29, 0.717) is 19.8 Å². The van der Waals surface area contributed by atoms with E-state index in [0.717, 1.165) is 42.9 Å². The zero-order valence-corrected chi connectivity index (χ0v) is 11.4. The Balaban J connectivity index is 2.66. The fourth-order valence-electron chi connectivity index (χ4n) is 1.45. The van der Waals surface area contributed by atoms with Crippen LogP contribution in [0.5, 0.6) is 11.5 Å². The molecule has 0 saturated carbocycles. The second-order valence-corrected chi connectivity index (χ2v) is 4.23. The van der Waals surface area contributed by atoms with Crippen LogP contribution in [-0.2, 0) is 6.54 Å². The lowest BCUT2D eigenvalue weighted by Crippen LogP contribution is -2.05. The van der Waals surface area contributed by atoms with Crippen LogP contribution < -0.4 is 15.2 Å². The largest absolute Gasteiger partial charge is 0.490 e. The number of hydrogen-bond acceptors (Lipinski definition) is 4. The van der Waals surface area contributed by atoms with Crippen LogP contribution in [-0.4, -0.2) is 18.2 Å². The molecule has 0 saturated heterocycles. The lowest BCUT2D eigenvalue weighted by molar-refractivity contribution is 0.260. The maximum atomic E-state index is 5.73. The van der Waals surface area contributed by atoms with Crippen LogP contribution >= 0.6 is 0 Å². The van der Waals surface area contributed by atoms with Crippen LogP contribution in [0.4, 0.5) is 0 Å². The van der Waals surface area contributed by atoms with Crippen molar-refractivity contribution in [2.24, 2.45) is 5.73 Å². The van der Waals surface area contributed by atoms with Gasteiger partial charge in [-0.05, 0) is 12.8 Å². The van der Waals surface area contributed by atoms with Crippen molar-refractivity contribution in [1.29, 1.82) is 0 Å². The van der Waals surface area contributed by atoms with E-state index >= 15 is 0 Å². The van der Waals surface area contributed by atoms with Crippen LogP contribution in [0.1, 0.15) is 45.2 Å². The minimum absolute atomic E-state index is 0.416. The van der Waals surface area contributed by atoms with E-state index in [1.807, 2.05) is 6.07 Å². The summed E-state index contributed by atoms with van der Waals surface area (Å²) < 4.78 is 11.4. The Hall–Kier alpha value is -1.29. The fraction of sp³-hybridized carbons (Fsp3) is 0.643. The Kier molecular flexibility index (Phi) is 7.18. The van der Waals surface area contributed by atoms with Gasteiger partial charge in [-0.1, -0.05) is 26.7 Å².